The highest BCUT2D eigenvalue weighted by Gasteiger charge is 2.42. The van der Waals surface area contributed by atoms with E-state index >= 15 is 18.0 Å². The number of hydrogen-bond acceptors (Lipinski definition) is 16. The predicted octanol–water partition coefficient (Wildman–Crippen LogP) is 8.86. The van der Waals surface area contributed by atoms with Crippen LogP contribution in [-0.4, -0.2) is 119 Å². The number of carbonyl (C=O) groups excluding carboxylic acids is 2. The summed E-state index contributed by atoms with van der Waals surface area (Å²) in [5.74, 6) is -7.17. The molecular formula is C52H54Br2F4N10O10S2. The van der Waals surface area contributed by atoms with E-state index < -0.39 is 85.1 Å². The SMILES string of the molecule is COc1ccc(CN(Cc2ccc(OC)cc2OC)S(=O)(=O)c2cc(N(C(=O)c3cc(Br)c(C)nc3N3CCC(F)(F)CC3)N(C(=O)c3cc(Br)c(C)nc3N3CCC(F)(F)CC3)c3ccnc(S(N)(=O)=O)c3)ccn2)c(OC)c1. The number of anilines is 4. The van der Waals surface area contributed by atoms with Crippen molar-refractivity contribution in [1.82, 2.24) is 24.2 Å². The molecule has 2 aliphatic heterocycles. The van der Waals surface area contributed by atoms with Crippen LogP contribution in [0.2, 0.25) is 0 Å². The lowest BCUT2D eigenvalue weighted by Gasteiger charge is -2.38. The van der Waals surface area contributed by atoms with Crippen LogP contribution in [0.1, 0.15) is 68.9 Å². The number of alkyl halides is 4. The molecule has 0 unspecified atom stereocenters. The van der Waals surface area contributed by atoms with E-state index in [4.69, 9.17) is 24.1 Å². The third-order valence-electron chi connectivity index (χ3n) is 13.4. The van der Waals surface area contributed by atoms with Gasteiger partial charge in [0.15, 0.2) is 10.1 Å². The summed E-state index contributed by atoms with van der Waals surface area (Å²) in [6.45, 7) is 1.43. The third-order valence-corrected chi connectivity index (χ3v) is 17.5. The summed E-state index contributed by atoms with van der Waals surface area (Å²) in [7, 11) is -3.85. The molecule has 2 aliphatic rings. The molecule has 2 amide bonds. The van der Waals surface area contributed by atoms with Crippen molar-refractivity contribution in [3.63, 3.8) is 0 Å². The van der Waals surface area contributed by atoms with Crippen LogP contribution in [-0.2, 0) is 33.1 Å². The zero-order valence-electron chi connectivity index (χ0n) is 43.9. The number of nitrogens with two attached hydrogens (primary N) is 1. The van der Waals surface area contributed by atoms with Crippen molar-refractivity contribution in [3.05, 3.63) is 128 Å². The highest BCUT2D eigenvalue weighted by atomic mass is 79.9. The molecule has 2 N–H and O–H groups in total. The number of amides is 2. The molecule has 426 valence electrons. The Morgan fingerprint density at radius 3 is 1.36 bits per heavy atom. The second-order valence-electron chi connectivity index (χ2n) is 18.7. The number of primary sulfonamides is 1. The Labute approximate surface area is 476 Å². The summed E-state index contributed by atoms with van der Waals surface area (Å²) >= 11 is 6.90. The first-order valence-electron chi connectivity index (χ1n) is 24.4. The highest BCUT2D eigenvalue weighted by molar-refractivity contribution is 9.10. The van der Waals surface area contributed by atoms with Gasteiger partial charge in [-0.2, -0.15) is 4.31 Å². The van der Waals surface area contributed by atoms with E-state index in [0.717, 1.165) is 38.8 Å². The third kappa shape index (κ3) is 12.9. The molecule has 6 heterocycles. The molecule has 80 heavy (non-hydrogen) atoms. The number of benzene rings is 2. The van der Waals surface area contributed by atoms with E-state index in [-0.39, 0.29) is 88.2 Å². The van der Waals surface area contributed by atoms with Crippen LogP contribution in [0.4, 0.5) is 40.6 Å². The molecular weight excluding hydrogens is 1220 g/mol. The van der Waals surface area contributed by atoms with Gasteiger partial charge >= 0.3 is 0 Å². The largest absolute Gasteiger partial charge is 0.497 e. The van der Waals surface area contributed by atoms with Crippen molar-refractivity contribution in [1.29, 1.82) is 0 Å². The lowest BCUT2D eigenvalue weighted by molar-refractivity contribution is -0.0228. The number of rotatable bonds is 17. The van der Waals surface area contributed by atoms with E-state index in [0.29, 0.717) is 34.0 Å². The van der Waals surface area contributed by atoms with Crippen LogP contribution in [0.25, 0.3) is 0 Å². The number of methoxy groups -OCH3 is 4. The zero-order chi connectivity index (χ0) is 58.1. The van der Waals surface area contributed by atoms with Gasteiger partial charge in [-0.05, 0) is 82.1 Å². The second kappa shape index (κ2) is 23.8. The summed E-state index contributed by atoms with van der Waals surface area (Å²) in [5.41, 5.74) is 0.0646. The van der Waals surface area contributed by atoms with Gasteiger partial charge in [-0.15, -0.1) is 0 Å². The van der Waals surface area contributed by atoms with Crippen LogP contribution in [0, 0.1) is 13.8 Å². The number of hydrogen-bond donors (Lipinski definition) is 1. The quantitative estimate of drug-likeness (QED) is 0.0663. The van der Waals surface area contributed by atoms with Crippen molar-refractivity contribution in [2.45, 2.75) is 74.5 Å². The number of nitrogens with zero attached hydrogens (tertiary/aromatic N) is 9. The van der Waals surface area contributed by atoms with E-state index in [1.165, 1.54) is 62.5 Å². The van der Waals surface area contributed by atoms with Crippen molar-refractivity contribution in [2.24, 2.45) is 5.14 Å². The molecule has 4 aromatic heterocycles. The number of aryl methyl sites for hydroxylation is 2. The monoisotopic (exact) mass is 1280 g/mol. The number of piperidine rings is 2. The lowest BCUT2D eigenvalue weighted by atomic mass is 10.1. The first-order chi connectivity index (χ1) is 37.8. The minimum Gasteiger partial charge on any atom is -0.497 e. The molecule has 28 heteroatoms. The van der Waals surface area contributed by atoms with Gasteiger partial charge in [0.1, 0.15) is 34.6 Å². The Morgan fingerprint density at radius 1 is 0.600 bits per heavy atom. The maximum atomic E-state index is 16.2. The summed E-state index contributed by atoms with van der Waals surface area (Å²) in [5, 5.41) is 5.64. The second-order valence-corrected chi connectivity index (χ2v) is 23.8. The predicted molar refractivity (Wildman–Crippen MR) is 295 cm³/mol. The standard InChI is InChI=1S/C52H54Br2F4N10O10S2/c1-31-41(53)27-39(47(62-31)64-19-13-51(55,56)14-20-64)49(69)67(35-11-17-60-45(23-35)79(59,71)72)68(50(70)40-28-42(54)32(2)63-48(40)65-21-15-52(57,58)16-22-65)36-12-18-61-46(24-36)80(73,74)66(29-33-7-9-37(75-3)25-43(33)77-5)30-34-8-10-38(76-4)26-44(34)78-6/h7-12,17-18,23-28H,13-16,19-22,29-30H2,1-6H3,(H2,59,71,72). The average molecular weight is 1280 g/mol. The Kier molecular flexibility index (Phi) is 17.7. The maximum Gasteiger partial charge on any atom is 0.281 e. The van der Waals surface area contributed by atoms with E-state index in [9.17, 15) is 26.0 Å². The van der Waals surface area contributed by atoms with E-state index in [2.05, 4.69) is 51.8 Å². The number of sulfonamides is 2. The Bertz CT molecular complexity index is 3510. The molecule has 2 fully saturated rings. The van der Waals surface area contributed by atoms with Crippen LogP contribution in [0.5, 0.6) is 23.0 Å². The minimum atomic E-state index is -4.89. The van der Waals surface area contributed by atoms with Gasteiger partial charge < -0.3 is 28.7 Å². The number of pyridine rings is 4. The van der Waals surface area contributed by atoms with Crippen molar-refractivity contribution in [2.75, 3.05) is 74.4 Å². The van der Waals surface area contributed by atoms with Gasteiger partial charge in [0, 0.05) is 122 Å². The maximum absolute atomic E-state index is 16.2. The van der Waals surface area contributed by atoms with Crippen LogP contribution in [0.3, 0.4) is 0 Å². The molecule has 0 radical (unpaired) electrons. The summed E-state index contributed by atoms with van der Waals surface area (Å²) in [4.78, 5) is 52.9. The van der Waals surface area contributed by atoms with Gasteiger partial charge in [0.25, 0.3) is 43.7 Å². The molecule has 0 spiro atoms. The highest BCUT2D eigenvalue weighted by Crippen LogP contribution is 2.40. The van der Waals surface area contributed by atoms with Crippen molar-refractivity contribution < 1.29 is 62.9 Å². The molecule has 20 nitrogen and oxygen atoms in total. The molecule has 2 aromatic carbocycles. The number of aromatic nitrogens is 4. The first-order valence-corrected chi connectivity index (χ1v) is 29.0. The number of carbonyl (C=O) groups is 2. The number of halogens is 6. The molecule has 6 aromatic rings. The lowest BCUT2D eigenvalue weighted by Crippen LogP contribution is -2.52. The Morgan fingerprint density at radius 2 is 0.988 bits per heavy atom. The van der Waals surface area contributed by atoms with E-state index in [1.807, 2.05) is 0 Å². The Hall–Kier alpha value is -6.72. The average Bonchev–Trinajstić information content (AvgIpc) is 3.46. The minimum absolute atomic E-state index is 0.0874. The first kappa shape index (κ1) is 59.4. The fourth-order valence-electron chi connectivity index (χ4n) is 8.96. The van der Waals surface area contributed by atoms with Gasteiger partial charge in [0.2, 0.25) is 0 Å². The van der Waals surface area contributed by atoms with Crippen LogP contribution >= 0.6 is 31.9 Å². The van der Waals surface area contributed by atoms with Crippen LogP contribution < -0.4 is 43.9 Å². The van der Waals surface area contributed by atoms with E-state index in [1.54, 1.807) is 50.2 Å². The number of ether oxygens (including phenoxy) is 4. The van der Waals surface area contributed by atoms with Crippen molar-refractivity contribution in [3.8, 4) is 23.0 Å². The molecule has 0 saturated carbocycles. The fraction of sp³-hybridized carbons (Fsp3) is 0.346. The number of hydrazine groups is 1. The summed E-state index contributed by atoms with van der Waals surface area (Å²) < 4.78 is 140. The van der Waals surface area contributed by atoms with Crippen molar-refractivity contribution >= 4 is 86.7 Å². The smallest absolute Gasteiger partial charge is 0.281 e. The molecule has 0 bridgehead atoms. The molecule has 8 rings (SSSR count). The Balaban J connectivity index is 1.39. The van der Waals surface area contributed by atoms with Gasteiger partial charge in [0.05, 0.1) is 62.3 Å². The van der Waals surface area contributed by atoms with Gasteiger partial charge in [-0.3, -0.25) is 9.59 Å². The summed E-state index contributed by atoms with van der Waals surface area (Å²) in [6.07, 6.45) is -0.349. The van der Waals surface area contributed by atoms with Gasteiger partial charge in [-0.25, -0.2) is 69.5 Å². The summed E-state index contributed by atoms with van der Waals surface area (Å²) in [6, 6.07) is 16.6. The zero-order valence-corrected chi connectivity index (χ0v) is 48.7. The van der Waals surface area contributed by atoms with Crippen LogP contribution in [0.15, 0.2) is 104 Å². The van der Waals surface area contributed by atoms with Gasteiger partial charge in [-0.1, -0.05) is 12.1 Å². The fourth-order valence-corrected chi connectivity index (χ4v) is 11.4. The molecule has 0 aliphatic carbocycles. The normalized spacial score (nSPS) is 15.3. The topological polar surface area (TPSA) is 233 Å². The molecule has 2 saturated heterocycles. The molecule has 0 atom stereocenters.